The summed E-state index contributed by atoms with van der Waals surface area (Å²) in [5, 5.41) is 0. The molecule has 74 valence electrons. The average Bonchev–Trinajstić information content (AvgIpc) is 2.25. The van der Waals surface area contributed by atoms with Gasteiger partial charge in [0.25, 0.3) is 0 Å². The van der Waals surface area contributed by atoms with Gasteiger partial charge in [-0.3, -0.25) is 0 Å². The van der Waals surface area contributed by atoms with Crippen molar-refractivity contribution in [2.24, 2.45) is 11.8 Å². The largest absolute Gasteiger partial charge is 0.103 e. The van der Waals surface area contributed by atoms with E-state index in [0.29, 0.717) is 11.8 Å². The SMILES string of the molecule is C1#CC2CCCCC2C#CCCCC1. The number of fused-ring (bicyclic) bond motifs is 1. The predicted molar refractivity (Wildman–Crippen MR) is 59.5 cm³/mol. The normalized spacial score (nSPS) is 31.4. The van der Waals surface area contributed by atoms with E-state index >= 15 is 0 Å². The molecule has 0 aromatic heterocycles. The Morgan fingerprint density at radius 1 is 0.643 bits per heavy atom. The molecule has 2 aliphatic rings. The summed E-state index contributed by atoms with van der Waals surface area (Å²) in [5.74, 6) is 14.7. The van der Waals surface area contributed by atoms with Crippen molar-refractivity contribution in [2.75, 3.05) is 0 Å². The van der Waals surface area contributed by atoms with Gasteiger partial charge in [0.15, 0.2) is 0 Å². The Kier molecular flexibility index (Phi) is 3.53. The van der Waals surface area contributed by atoms with E-state index in [1.54, 1.807) is 0 Å². The molecule has 0 spiro atoms. The second-order valence-corrected chi connectivity index (χ2v) is 4.35. The highest BCUT2D eigenvalue weighted by Crippen LogP contribution is 2.29. The van der Waals surface area contributed by atoms with Crippen LogP contribution in [0.1, 0.15) is 51.4 Å². The molecule has 0 heteroatoms. The lowest BCUT2D eigenvalue weighted by Gasteiger charge is -2.23. The van der Waals surface area contributed by atoms with Crippen molar-refractivity contribution < 1.29 is 0 Å². The lowest BCUT2D eigenvalue weighted by atomic mass is 9.79. The Hall–Kier alpha value is -0.880. The molecule has 1 saturated carbocycles. The minimum Gasteiger partial charge on any atom is -0.103 e. The standard InChI is InChI=1S/C14H18/c1-2-4-6-10-14-12-8-7-11-13(14)9-5-3-1/h13-14H,1-4,7-8,11-12H2. The highest BCUT2D eigenvalue weighted by Gasteiger charge is 2.21. The molecule has 0 saturated heterocycles. The zero-order valence-electron chi connectivity index (χ0n) is 8.81. The summed E-state index contributed by atoms with van der Waals surface area (Å²) in [5.41, 5.74) is 0. The molecule has 0 bridgehead atoms. The Bertz CT molecular complexity index is 259. The van der Waals surface area contributed by atoms with E-state index in [4.69, 9.17) is 0 Å². The molecule has 2 aliphatic carbocycles. The Labute approximate surface area is 87.5 Å². The molecule has 2 rings (SSSR count). The lowest BCUT2D eigenvalue weighted by Crippen LogP contribution is -2.16. The maximum atomic E-state index is 3.44. The third-order valence-electron chi connectivity index (χ3n) is 3.19. The highest BCUT2D eigenvalue weighted by molar-refractivity contribution is 5.15. The van der Waals surface area contributed by atoms with Crippen LogP contribution in [-0.2, 0) is 0 Å². The molecule has 0 aromatic rings. The van der Waals surface area contributed by atoms with Gasteiger partial charge in [-0.05, 0) is 25.7 Å². The fraction of sp³-hybridized carbons (Fsp3) is 0.714. The topological polar surface area (TPSA) is 0 Å². The van der Waals surface area contributed by atoms with Crippen LogP contribution in [0.25, 0.3) is 0 Å². The van der Waals surface area contributed by atoms with Gasteiger partial charge in [-0.1, -0.05) is 24.7 Å². The maximum Gasteiger partial charge on any atom is 0.0340 e. The van der Waals surface area contributed by atoms with Crippen LogP contribution in [0.5, 0.6) is 0 Å². The van der Waals surface area contributed by atoms with Gasteiger partial charge in [-0.2, -0.15) is 0 Å². The number of rotatable bonds is 0. The van der Waals surface area contributed by atoms with Crippen LogP contribution in [0.15, 0.2) is 0 Å². The minimum absolute atomic E-state index is 0.592. The van der Waals surface area contributed by atoms with Crippen LogP contribution in [0.4, 0.5) is 0 Å². The van der Waals surface area contributed by atoms with Gasteiger partial charge in [-0.25, -0.2) is 0 Å². The van der Waals surface area contributed by atoms with Crippen molar-refractivity contribution in [3.8, 4) is 23.7 Å². The Morgan fingerprint density at radius 2 is 1.14 bits per heavy atom. The molecular weight excluding hydrogens is 168 g/mol. The summed E-state index contributed by atoms with van der Waals surface area (Å²) in [4.78, 5) is 0. The molecule has 2 unspecified atom stereocenters. The first kappa shape index (κ1) is 9.67. The molecule has 1 fully saturated rings. The molecular formula is C14H18. The zero-order valence-corrected chi connectivity index (χ0v) is 8.81. The van der Waals surface area contributed by atoms with Gasteiger partial charge in [-0.15, -0.1) is 11.8 Å². The first-order valence-electron chi connectivity index (χ1n) is 5.93. The first-order chi connectivity index (χ1) is 6.97. The van der Waals surface area contributed by atoms with Gasteiger partial charge in [0.05, 0.1) is 0 Å². The third-order valence-corrected chi connectivity index (χ3v) is 3.19. The van der Waals surface area contributed by atoms with Gasteiger partial charge < -0.3 is 0 Å². The monoisotopic (exact) mass is 186 g/mol. The molecule has 2 atom stereocenters. The third kappa shape index (κ3) is 2.55. The molecule has 14 heavy (non-hydrogen) atoms. The van der Waals surface area contributed by atoms with Crippen molar-refractivity contribution in [3.05, 3.63) is 0 Å². The first-order valence-corrected chi connectivity index (χ1v) is 5.93. The van der Waals surface area contributed by atoms with Gasteiger partial charge in [0.1, 0.15) is 0 Å². The predicted octanol–water partition coefficient (Wildman–Crippen LogP) is 3.37. The zero-order chi connectivity index (χ0) is 9.64. The van der Waals surface area contributed by atoms with Gasteiger partial charge in [0.2, 0.25) is 0 Å². The molecule has 0 amide bonds. The highest BCUT2D eigenvalue weighted by atomic mass is 14.2. The summed E-state index contributed by atoms with van der Waals surface area (Å²) in [6.07, 6.45) is 9.93. The van der Waals surface area contributed by atoms with Crippen molar-refractivity contribution in [2.45, 2.75) is 51.4 Å². The fourth-order valence-electron chi connectivity index (χ4n) is 2.31. The van der Waals surface area contributed by atoms with Crippen LogP contribution >= 0.6 is 0 Å². The van der Waals surface area contributed by atoms with Crippen LogP contribution in [0.3, 0.4) is 0 Å². The summed E-state index contributed by atoms with van der Waals surface area (Å²) in [6.45, 7) is 0. The number of hydrogen-bond acceptors (Lipinski definition) is 0. The van der Waals surface area contributed by atoms with Crippen LogP contribution in [0, 0.1) is 35.5 Å². The average molecular weight is 186 g/mol. The molecule has 0 nitrogen and oxygen atoms in total. The lowest BCUT2D eigenvalue weighted by molar-refractivity contribution is 0.357. The maximum absolute atomic E-state index is 3.44. The summed E-state index contributed by atoms with van der Waals surface area (Å²) in [7, 11) is 0. The van der Waals surface area contributed by atoms with E-state index in [-0.39, 0.29) is 0 Å². The van der Waals surface area contributed by atoms with Crippen LogP contribution in [-0.4, -0.2) is 0 Å². The Morgan fingerprint density at radius 3 is 1.64 bits per heavy atom. The molecule has 0 aromatic carbocycles. The van der Waals surface area contributed by atoms with E-state index < -0.39 is 0 Å². The minimum atomic E-state index is 0.592. The van der Waals surface area contributed by atoms with E-state index in [0.717, 1.165) is 12.8 Å². The molecule has 0 N–H and O–H groups in total. The van der Waals surface area contributed by atoms with Crippen molar-refractivity contribution in [3.63, 3.8) is 0 Å². The molecule has 0 aliphatic heterocycles. The van der Waals surface area contributed by atoms with Crippen LogP contribution < -0.4 is 0 Å². The smallest absolute Gasteiger partial charge is 0.0340 e. The summed E-state index contributed by atoms with van der Waals surface area (Å²) >= 11 is 0. The number of hydrogen-bond donors (Lipinski definition) is 0. The van der Waals surface area contributed by atoms with E-state index in [2.05, 4.69) is 23.7 Å². The van der Waals surface area contributed by atoms with Crippen LogP contribution in [0.2, 0.25) is 0 Å². The summed E-state index contributed by atoms with van der Waals surface area (Å²) in [6, 6.07) is 0. The van der Waals surface area contributed by atoms with Gasteiger partial charge >= 0.3 is 0 Å². The Balaban J connectivity index is 2.08. The van der Waals surface area contributed by atoms with Crippen molar-refractivity contribution >= 4 is 0 Å². The van der Waals surface area contributed by atoms with E-state index in [1.807, 2.05) is 0 Å². The van der Waals surface area contributed by atoms with E-state index in [9.17, 15) is 0 Å². The second-order valence-electron chi connectivity index (χ2n) is 4.35. The second kappa shape index (κ2) is 5.11. The molecule has 0 radical (unpaired) electrons. The summed E-state index contributed by atoms with van der Waals surface area (Å²) < 4.78 is 0. The van der Waals surface area contributed by atoms with Crippen molar-refractivity contribution in [1.29, 1.82) is 0 Å². The van der Waals surface area contributed by atoms with Crippen molar-refractivity contribution in [1.82, 2.24) is 0 Å². The fourth-order valence-corrected chi connectivity index (χ4v) is 2.31. The molecule has 0 heterocycles. The van der Waals surface area contributed by atoms with Gasteiger partial charge in [0, 0.05) is 24.7 Å². The van der Waals surface area contributed by atoms with E-state index in [1.165, 1.54) is 38.5 Å². The quantitative estimate of drug-likeness (QED) is 0.509.